The van der Waals surface area contributed by atoms with Crippen LogP contribution in [-0.2, 0) is 9.53 Å². The molecular formula is C15H22N2O3. The Balaban J connectivity index is 1.82. The molecule has 1 aliphatic heterocycles. The zero-order chi connectivity index (χ0) is 14.4. The Morgan fingerprint density at radius 3 is 3.05 bits per heavy atom. The average molecular weight is 278 g/mol. The number of carbonyl (C=O) groups excluding carboxylic acids is 1. The van der Waals surface area contributed by atoms with E-state index < -0.39 is 0 Å². The quantitative estimate of drug-likeness (QED) is 0.802. The van der Waals surface area contributed by atoms with Crippen molar-refractivity contribution in [2.45, 2.75) is 13.3 Å². The number of carbonyl (C=O) groups is 1. The van der Waals surface area contributed by atoms with E-state index in [1.807, 2.05) is 17.9 Å². The summed E-state index contributed by atoms with van der Waals surface area (Å²) in [6, 6.07) is 7.11. The molecule has 1 atom stereocenters. The molecule has 1 fully saturated rings. The number of amides is 1. The molecule has 1 heterocycles. The van der Waals surface area contributed by atoms with Crippen LogP contribution in [0.3, 0.4) is 0 Å². The predicted molar refractivity (Wildman–Crippen MR) is 77.5 cm³/mol. The molecule has 0 aliphatic carbocycles. The predicted octanol–water partition coefficient (Wildman–Crippen LogP) is 1.53. The molecular weight excluding hydrogens is 256 g/mol. The summed E-state index contributed by atoms with van der Waals surface area (Å²) in [5.41, 5.74) is 6.30. The summed E-state index contributed by atoms with van der Waals surface area (Å²) in [6.45, 7) is 5.01. The van der Waals surface area contributed by atoms with Gasteiger partial charge in [0.05, 0.1) is 6.61 Å². The number of hydrogen-bond donors (Lipinski definition) is 1. The minimum absolute atomic E-state index is 0.00169. The maximum Gasteiger partial charge on any atom is 0.260 e. The largest absolute Gasteiger partial charge is 0.484 e. The van der Waals surface area contributed by atoms with Gasteiger partial charge in [-0.05, 0) is 25.5 Å². The zero-order valence-electron chi connectivity index (χ0n) is 11.9. The molecule has 1 aliphatic rings. The summed E-state index contributed by atoms with van der Waals surface area (Å²) < 4.78 is 10.8. The number of ether oxygens (including phenoxy) is 2. The van der Waals surface area contributed by atoms with Crippen molar-refractivity contribution in [1.82, 2.24) is 4.90 Å². The summed E-state index contributed by atoms with van der Waals surface area (Å²) in [4.78, 5) is 14.0. The van der Waals surface area contributed by atoms with Gasteiger partial charge in [0, 0.05) is 37.4 Å². The number of hydrogen-bond acceptors (Lipinski definition) is 4. The fourth-order valence-electron chi connectivity index (χ4n) is 2.29. The highest BCUT2D eigenvalue weighted by Crippen LogP contribution is 2.16. The Labute approximate surface area is 119 Å². The van der Waals surface area contributed by atoms with E-state index in [1.165, 1.54) is 0 Å². The van der Waals surface area contributed by atoms with Crippen LogP contribution in [0.2, 0.25) is 0 Å². The van der Waals surface area contributed by atoms with Gasteiger partial charge < -0.3 is 20.1 Å². The monoisotopic (exact) mass is 278 g/mol. The number of benzene rings is 1. The van der Waals surface area contributed by atoms with Gasteiger partial charge in [-0.25, -0.2) is 0 Å². The Morgan fingerprint density at radius 2 is 2.40 bits per heavy atom. The maximum absolute atomic E-state index is 12.1. The van der Waals surface area contributed by atoms with Crippen molar-refractivity contribution in [1.29, 1.82) is 0 Å². The van der Waals surface area contributed by atoms with Crippen molar-refractivity contribution >= 4 is 11.6 Å². The molecule has 20 heavy (non-hydrogen) atoms. The summed E-state index contributed by atoms with van der Waals surface area (Å²) in [7, 11) is 0. The Morgan fingerprint density at radius 1 is 1.55 bits per heavy atom. The molecule has 0 radical (unpaired) electrons. The van der Waals surface area contributed by atoms with Crippen LogP contribution in [0.15, 0.2) is 24.3 Å². The van der Waals surface area contributed by atoms with Gasteiger partial charge in [-0.3, -0.25) is 4.79 Å². The van der Waals surface area contributed by atoms with Crippen molar-refractivity contribution in [3.05, 3.63) is 24.3 Å². The topological polar surface area (TPSA) is 64.8 Å². The molecule has 0 bridgehead atoms. The van der Waals surface area contributed by atoms with Crippen molar-refractivity contribution in [3.63, 3.8) is 0 Å². The first kappa shape index (κ1) is 14.7. The molecule has 2 rings (SSSR count). The molecule has 0 spiro atoms. The lowest BCUT2D eigenvalue weighted by Gasteiger charge is -2.23. The van der Waals surface area contributed by atoms with Gasteiger partial charge in [-0.15, -0.1) is 0 Å². The molecule has 0 aromatic heterocycles. The highest BCUT2D eigenvalue weighted by Gasteiger charge is 2.21. The second-order valence-corrected chi connectivity index (χ2v) is 5.02. The van der Waals surface area contributed by atoms with Crippen LogP contribution < -0.4 is 10.5 Å². The first-order valence-electron chi connectivity index (χ1n) is 7.03. The highest BCUT2D eigenvalue weighted by molar-refractivity contribution is 5.77. The van der Waals surface area contributed by atoms with Crippen LogP contribution in [0.4, 0.5) is 5.69 Å². The number of anilines is 1. The van der Waals surface area contributed by atoms with Crippen molar-refractivity contribution in [2.24, 2.45) is 5.92 Å². The first-order valence-corrected chi connectivity index (χ1v) is 7.03. The van der Waals surface area contributed by atoms with Crippen LogP contribution in [-0.4, -0.2) is 43.7 Å². The Kier molecular flexibility index (Phi) is 5.24. The third-order valence-corrected chi connectivity index (χ3v) is 3.46. The van der Waals surface area contributed by atoms with Crippen LogP contribution >= 0.6 is 0 Å². The molecule has 1 saturated heterocycles. The van der Waals surface area contributed by atoms with Crippen molar-refractivity contribution in [2.75, 3.05) is 38.6 Å². The maximum atomic E-state index is 12.1. The molecule has 0 saturated carbocycles. The summed E-state index contributed by atoms with van der Waals surface area (Å²) in [5, 5.41) is 0. The van der Waals surface area contributed by atoms with Crippen LogP contribution in [0.25, 0.3) is 0 Å². The number of rotatable bonds is 6. The highest BCUT2D eigenvalue weighted by atomic mass is 16.5. The lowest BCUT2D eigenvalue weighted by molar-refractivity contribution is -0.133. The van der Waals surface area contributed by atoms with E-state index in [0.717, 1.165) is 26.2 Å². The SMILES string of the molecule is CCN(CC1CCOC1)C(=O)COc1cccc(N)c1. The standard InChI is InChI=1S/C15H22N2O3/c1-2-17(9-12-6-7-19-10-12)15(18)11-20-14-5-3-4-13(16)8-14/h3-5,8,12H,2,6-7,9-11,16H2,1H3. The fourth-order valence-corrected chi connectivity index (χ4v) is 2.29. The van der Waals surface area contributed by atoms with Gasteiger partial charge >= 0.3 is 0 Å². The lowest BCUT2D eigenvalue weighted by Crippen LogP contribution is -2.38. The molecule has 110 valence electrons. The van der Waals surface area contributed by atoms with Crippen molar-refractivity contribution in [3.8, 4) is 5.75 Å². The van der Waals surface area contributed by atoms with Crippen molar-refractivity contribution < 1.29 is 14.3 Å². The van der Waals surface area contributed by atoms with E-state index in [2.05, 4.69) is 0 Å². The molecule has 5 heteroatoms. The molecule has 1 amide bonds. The van der Waals surface area contributed by atoms with Gasteiger partial charge in [0.2, 0.25) is 0 Å². The van der Waals surface area contributed by atoms with Gasteiger partial charge in [0.15, 0.2) is 6.61 Å². The first-order chi connectivity index (χ1) is 9.69. The zero-order valence-corrected chi connectivity index (χ0v) is 11.9. The molecule has 1 aromatic rings. The number of nitrogens with zero attached hydrogens (tertiary/aromatic N) is 1. The van der Waals surface area contributed by atoms with Gasteiger partial charge in [-0.2, -0.15) is 0 Å². The second kappa shape index (κ2) is 7.14. The van der Waals surface area contributed by atoms with E-state index in [9.17, 15) is 4.79 Å². The number of likely N-dealkylation sites (N-methyl/N-ethyl adjacent to an activating group) is 1. The number of nitrogens with two attached hydrogens (primary N) is 1. The van der Waals surface area contributed by atoms with Crippen LogP contribution in [0, 0.1) is 5.92 Å². The van der Waals surface area contributed by atoms with Crippen LogP contribution in [0.1, 0.15) is 13.3 Å². The third-order valence-electron chi connectivity index (χ3n) is 3.46. The average Bonchev–Trinajstić information content (AvgIpc) is 2.95. The summed E-state index contributed by atoms with van der Waals surface area (Å²) in [6.07, 6.45) is 1.03. The summed E-state index contributed by atoms with van der Waals surface area (Å²) in [5.74, 6) is 1.08. The van der Waals surface area contributed by atoms with Gasteiger partial charge in [-0.1, -0.05) is 6.07 Å². The van der Waals surface area contributed by atoms with E-state index in [4.69, 9.17) is 15.2 Å². The third kappa shape index (κ3) is 4.13. The lowest BCUT2D eigenvalue weighted by atomic mass is 10.1. The smallest absolute Gasteiger partial charge is 0.260 e. The van der Waals surface area contributed by atoms with E-state index in [-0.39, 0.29) is 12.5 Å². The van der Waals surface area contributed by atoms with E-state index in [1.54, 1.807) is 18.2 Å². The molecule has 1 unspecified atom stereocenters. The minimum Gasteiger partial charge on any atom is -0.484 e. The molecule has 5 nitrogen and oxygen atoms in total. The van der Waals surface area contributed by atoms with E-state index in [0.29, 0.717) is 23.9 Å². The number of nitrogen functional groups attached to an aromatic ring is 1. The molecule has 1 aromatic carbocycles. The summed E-state index contributed by atoms with van der Waals surface area (Å²) >= 11 is 0. The fraction of sp³-hybridized carbons (Fsp3) is 0.533. The van der Waals surface area contributed by atoms with E-state index >= 15 is 0 Å². The normalized spacial score (nSPS) is 17.9. The Bertz CT molecular complexity index is 444. The Hall–Kier alpha value is -1.75. The van der Waals surface area contributed by atoms with Crippen LogP contribution in [0.5, 0.6) is 5.75 Å². The van der Waals surface area contributed by atoms with Gasteiger partial charge in [0.1, 0.15) is 5.75 Å². The van der Waals surface area contributed by atoms with Gasteiger partial charge in [0.25, 0.3) is 5.91 Å². The minimum atomic E-state index is 0.00169. The molecule has 2 N–H and O–H groups in total. The second-order valence-electron chi connectivity index (χ2n) is 5.02.